The number of anilines is 3. The van der Waals surface area contributed by atoms with Gasteiger partial charge in [-0.05, 0) is 36.8 Å². The normalized spacial score (nSPS) is 14.4. The summed E-state index contributed by atoms with van der Waals surface area (Å²) in [4.78, 5) is 21.1. The first-order valence-corrected chi connectivity index (χ1v) is 10.3. The lowest BCUT2D eigenvalue weighted by molar-refractivity contribution is -0.137. The molecule has 2 heterocycles. The molecule has 168 valence electrons. The predicted molar refractivity (Wildman–Crippen MR) is 115 cm³/mol. The first-order chi connectivity index (χ1) is 14.8. The SMILES string of the molecule is CCCCN(C)c1ccc(C(F)(F)F)cc1C(=O)Nc1ccc(N2CCOCC2)cn1. The fourth-order valence-electron chi connectivity index (χ4n) is 3.40. The summed E-state index contributed by atoms with van der Waals surface area (Å²) in [5.41, 5.74) is 0.456. The lowest BCUT2D eigenvalue weighted by atomic mass is 10.1. The van der Waals surface area contributed by atoms with Crippen LogP contribution >= 0.6 is 0 Å². The number of carbonyl (C=O) groups excluding carboxylic acids is 1. The second-order valence-corrected chi connectivity index (χ2v) is 7.46. The van der Waals surface area contributed by atoms with Crippen molar-refractivity contribution in [3.05, 3.63) is 47.7 Å². The van der Waals surface area contributed by atoms with Gasteiger partial charge in [-0.3, -0.25) is 4.79 Å². The summed E-state index contributed by atoms with van der Waals surface area (Å²) >= 11 is 0. The zero-order valence-electron chi connectivity index (χ0n) is 17.7. The molecule has 0 saturated carbocycles. The molecule has 9 heteroatoms. The number of unbranched alkanes of at least 4 members (excludes halogenated alkanes) is 1. The van der Waals surface area contributed by atoms with E-state index in [4.69, 9.17) is 4.74 Å². The number of aromatic nitrogens is 1. The van der Waals surface area contributed by atoms with E-state index in [2.05, 4.69) is 15.2 Å². The molecular weight excluding hydrogens is 409 g/mol. The molecule has 0 spiro atoms. The zero-order valence-corrected chi connectivity index (χ0v) is 17.7. The molecule has 2 aromatic rings. The van der Waals surface area contributed by atoms with Gasteiger partial charge in [-0.1, -0.05) is 13.3 Å². The number of alkyl halides is 3. The van der Waals surface area contributed by atoms with Crippen molar-refractivity contribution in [1.82, 2.24) is 4.98 Å². The quantitative estimate of drug-likeness (QED) is 0.696. The molecule has 0 unspecified atom stereocenters. The van der Waals surface area contributed by atoms with Gasteiger partial charge < -0.3 is 19.9 Å². The van der Waals surface area contributed by atoms with E-state index >= 15 is 0 Å². The van der Waals surface area contributed by atoms with Crippen molar-refractivity contribution in [1.29, 1.82) is 0 Å². The number of halogens is 3. The van der Waals surface area contributed by atoms with Gasteiger partial charge in [0.15, 0.2) is 0 Å². The Bertz CT molecular complexity index is 881. The van der Waals surface area contributed by atoms with E-state index < -0.39 is 17.6 Å². The number of nitrogens with one attached hydrogen (secondary N) is 1. The second kappa shape index (κ2) is 10.00. The number of pyridine rings is 1. The highest BCUT2D eigenvalue weighted by Gasteiger charge is 2.32. The van der Waals surface area contributed by atoms with Crippen molar-refractivity contribution in [2.45, 2.75) is 25.9 Å². The Morgan fingerprint density at radius 1 is 1.23 bits per heavy atom. The molecule has 1 fully saturated rings. The maximum absolute atomic E-state index is 13.2. The first kappa shape index (κ1) is 22.9. The van der Waals surface area contributed by atoms with Crippen molar-refractivity contribution in [2.75, 3.05) is 55.0 Å². The van der Waals surface area contributed by atoms with Gasteiger partial charge in [0.25, 0.3) is 5.91 Å². The maximum atomic E-state index is 13.2. The van der Waals surface area contributed by atoms with E-state index in [0.717, 1.165) is 43.8 Å². The van der Waals surface area contributed by atoms with Gasteiger partial charge >= 0.3 is 6.18 Å². The molecule has 1 aliphatic rings. The molecule has 1 aromatic carbocycles. The van der Waals surface area contributed by atoms with Crippen molar-refractivity contribution in [2.24, 2.45) is 0 Å². The fourth-order valence-corrected chi connectivity index (χ4v) is 3.40. The van der Waals surface area contributed by atoms with Crippen LogP contribution in [-0.2, 0) is 10.9 Å². The van der Waals surface area contributed by atoms with E-state index in [1.54, 1.807) is 24.2 Å². The molecule has 1 N–H and O–H groups in total. The van der Waals surface area contributed by atoms with Gasteiger partial charge in [0, 0.05) is 32.4 Å². The number of hydrogen-bond donors (Lipinski definition) is 1. The van der Waals surface area contributed by atoms with E-state index in [1.165, 1.54) is 6.07 Å². The number of ether oxygens (including phenoxy) is 1. The van der Waals surface area contributed by atoms with Crippen molar-refractivity contribution < 1.29 is 22.7 Å². The van der Waals surface area contributed by atoms with Crippen LogP contribution in [0.4, 0.5) is 30.4 Å². The van der Waals surface area contributed by atoms with E-state index in [0.29, 0.717) is 25.4 Å². The Morgan fingerprint density at radius 2 is 1.97 bits per heavy atom. The summed E-state index contributed by atoms with van der Waals surface area (Å²) in [7, 11) is 1.77. The highest BCUT2D eigenvalue weighted by atomic mass is 19.4. The number of rotatable bonds is 7. The van der Waals surface area contributed by atoms with E-state index in [9.17, 15) is 18.0 Å². The third-order valence-corrected chi connectivity index (χ3v) is 5.19. The topological polar surface area (TPSA) is 57.7 Å². The Kier molecular flexibility index (Phi) is 7.37. The molecule has 1 aliphatic heterocycles. The fraction of sp³-hybridized carbons (Fsp3) is 0.455. The molecule has 3 rings (SSSR count). The van der Waals surface area contributed by atoms with Crippen LogP contribution in [-0.4, -0.2) is 50.8 Å². The van der Waals surface area contributed by atoms with Gasteiger partial charge in [0.1, 0.15) is 5.82 Å². The maximum Gasteiger partial charge on any atom is 0.416 e. The van der Waals surface area contributed by atoms with Crippen molar-refractivity contribution in [3.8, 4) is 0 Å². The number of benzene rings is 1. The summed E-state index contributed by atoms with van der Waals surface area (Å²) < 4.78 is 45.1. The van der Waals surface area contributed by atoms with Crippen LogP contribution in [0.15, 0.2) is 36.5 Å². The number of amides is 1. The number of carbonyl (C=O) groups is 1. The average Bonchev–Trinajstić information content (AvgIpc) is 2.77. The third kappa shape index (κ3) is 5.88. The molecular formula is C22H27F3N4O2. The van der Waals surface area contributed by atoms with Crippen LogP contribution in [0, 0.1) is 0 Å². The summed E-state index contributed by atoms with van der Waals surface area (Å²) in [6.07, 6.45) is -1.09. The zero-order chi connectivity index (χ0) is 22.4. The third-order valence-electron chi connectivity index (χ3n) is 5.19. The Balaban J connectivity index is 1.81. The summed E-state index contributed by atoms with van der Waals surface area (Å²) in [5.74, 6) is -0.349. The lowest BCUT2D eigenvalue weighted by Gasteiger charge is -2.28. The van der Waals surface area contributed by atoms with Gasteiger partial charge in [-0.15, -0.1) is 0 Å². The number of nitrogens with zero attached hydrogens (tertiary/aromatic N) is 3. The lowest BCUT2D eigenvalue weighted by Crippen LogP contribution is -2.36. The van der Waals surface area contributed by atoms with Crippen LogP contribution in [0.1, 0.15) is 35.7 Å². The standard InChI is InChI=1S/C22H27F3N4O2/c1-3-4-9-28(2)19-7-5-16(22(23,24)25)14-18(19)21(30)27-20-8-6-17(15-26-20)29-10-12-31-13-11-29/h5-8,14-15H,3-4,9-13H2,1-2H3,(H,26,27,30). The summed E-state index contributed by atoms with van der Waals surface area (Å²) in [6, 6.07) is 6.73. The molecule has 1 saturated heterocycles. The average molecular weight is 436 g/mol. The van der Waals surface area contributed by atoms with Gasteiger partial charge in [0.05, 0.1) is 36.2 Å². The smallest absolute Gasteiger partial charge is 0.378 e. The van der Waals surface area contributed by atoms with Crippen LogP contribution in [0.3, 0.4) is 0 Å². The van der Waals surface area contributed by atoms with Crippen LogP contribution in [0.25, 0.3) is 0 Å². The van der Waals surface area contributed by atoms with E-state index in [1.807, 2.05) is 13.0 Å². The van der Waals surface area contributed by atoms with Crippen LogP contribution in [0.5, 0.6) is 0 Å². The summed E-state index contributed by atoms with van der Waals surface area (Å²) in [5, 5.41) is 2.63. The molecule has 0 radical (unpaired) electrons. The van der Waals surface area contributed by atoms with Crippen molar-refractivity contribution in [3.63, 3.8) is 0 Å². The molecule has 6 nitrogen and oxygen atoms in total. The minimum atomic E-state index is -4.53. The minimum absolute atomic E-state index is 0.0347. The highest BCUT2D eigenvalue weighted by Crippen LogP contribution is 2.33. The monoisotopic (exact) mass is 436 g/mol. The first-order valence-electron chi connectivity index (χ1n) is 10.3. The van der Waals surface area contributed by atoms with Gasteiger partial charge in [-0.2, -0.15) is 13.2 Å². The predicted octanol–water partition coefficient (Wildman–Crippen LogP) is 4.43. The van der Waals surface area contributed by atoms with Gasteiger partial charge in [-0.25, -0.2) is 4.98 Å². The van der Waals surface area contributed by atoms with Crippen LogP contribution < -0.4 is 15.1 Å². The molecule has 0 atom stereocenters. The van der Waals surface area contributed by atoms with Gasteiger partial charge in [0.2, 0.25) is 0 Å². The largest absolute Gasteiger partial charge is 0.416 e. The van der Waals surface area contributed by atoms with E-state index in [-0.39, 0.29) is 11.4 Å². The van der Waals surface area contributed by atoms with Crippen LogP contribution in [0.2, 0.25) is 0 Å². The Hall–Kier alpha value is -2.81. The highest BCUT2D eigenvalue weighted by molar-refractivity contribution is 6.08. The Labute approximate surface area is 180 Å². The van der Waals surface area contributed by atoms with Crippen molar-refractivity contribution >= 4 is 23.1 Å². The Morgan fingerprint density at radius 3 is 2.58 bits per heavy atom. The molecule has 0 aliphatic carbocycles. The summed E-state index contributed by atoms with van der Waals surface area (Å²) in [6.45, 7) is 5.45. The minimum Gasteiger partial charge on any atom is -0.378 e. The molecule has 31 heavy (non-hydrogen) atoms. The molecule has 0 bridgehead atoms. The molecule has 1 aromatic heterocycles. The number of morpholine rings is 1. The number of hydrogen-bond acceptors (Lipinski definition) is 5. The second-order valence-electron chi connectivity index (χ2n) is 7.46. The molecule has 1 amide bonds.